The second-order valence-corrected chi connectivity index (χ2v) is 7.71. The van der Waals surface area contributed by atoms with Crippen LogP contribution in [0.15, 0.2) is 34.7 Å². The van der Waals surface area contributed by atoms with Crippen molar-refractivity contribution in [3.05, 3.63) is 57.2 Å². The van der Waals surface area contributed by atoms with Crippen molar-refractivity contribution in [2.45, 2.75) is 19.3 Å². The van der Waals surface area contributed by atoms with Gasteiger partial charge in [0.2, 0.25) is 11.8 Å². The Morgan fingerprint density at radius 1 is 1.00 bits per heavy atom. The Bertz CT molecular complexity index is 1000. The van der Waals surface area contributed by atoms with Gasteiger partial charge in [0, 0.05) is 23.1 Å². The van der Waals surface area contributed by atoms with Gasteiger partial charge in [0.15, 0.2) is 11.6 Å². The molecule has 10 heteroatoms. The summed E-state index contributed by atoms with van der Waals surface area (Å²) in [5.41, 5.74) is -0.165. The van der Waals surface area contributed by atoms with Crippen LogP contribution in [0.25, 0.3) is 11.5 Å². The van der Waals surface area contributed by atoms with Gasteiger partial charge >= 0.3 is 0 Å². The lowest BCUT2D eigenvalue weighted by Crippen LogP contribution is -2.18. The normalized spacial score (nSPS) is 11.1. The lowest BCUT2D eigenvalue weighted by molar-refractivity contribution is 0.283. The topological polar surface area (TPSA) is 83.2 Å². The van der Waals surface area contributed by atoms with E-state index in [2.05, 4.69) is 20.8 Å². The molecule has 0 bridgehead atoms. The van der Waals surface area contributed by atoms with E-state index in [1.165, 1.54) is 18.2 Å². The van der Waals surface area contributed by atoms with Crippen LogP contribution in [0.2, 0.25) is 0 Å². The average Bonchev–Trinajstić information content (AvgIpc) is 3.18. The molecule has 0 saturated heterocycles. The summed E-state index contributed by atoms with van der Waals surface area (Å²) in [6, 6.07) is 6.61. The Hall–Kier alpha value is -2.18. The van der Waals surface area contributed by atoms with Crippen molar-refractivity contribution in [3.63, 3.8) is 0 Å². The fourth-order valence-corrected chi connectivity index (χ4v) is 3.18. The average molecular weight is 532 g/mol. The van der Waals surface area contributed by atoms with Gasteiger partial charge in [0.1, 0.15) is 5.82 Å². The number of nitrogens with zero attached hydrogens (tertiary/aromatic N) is 2. The number of aromatic nitrogens is 2. The number of anilines is 2. The van der Waals surface area contributed by atoms with Crippen molar-refractivity contribution in [3.8, 4) is 11.5 Å². The van der Waals surface area contributed by atoms with Crippen LogP contribution < -0.4 is 10.6 Å². The standard InChI is InChI=1S/C20H20F3IN4O2/c21-14-5-4-13(19(18(14)23)26-16-6-3-12(24)11-15(16)22)20-28-27-17(30-20)7-9-25-8-1-2-10-29/h3-6,11,25-26,29H,1-2,7-10H2. The highest BCUT2D eigenvalue weighted by molar-refractivity contribution is 14.1. The van der Waals surface area contributed by atoms with E-state index < -0.39 is 17.5 Å². The van der Waals surface area contributed by atoms with E-state index in [9.17, 15) is 13.2 Å². The number of benzene rings is 2. The van der Waals surface area contributed by atoms with Crippen molar-refractivity contribution in [2.75, 3.05) is 25.0 Å². The fourth-order valence-electron chi connectivity index (χ4n) is 2.72. The molecule has 0 atom stereocenters. The molecule has 0 aliphatic rings. The summed E-state index contributed by atoms with van der Waals surface area (Å²) < 4.78 is 48.8. The number of aliphatic hydroxyl groups is 1. The van der Waals surface area contributed by atoms with Crippen molar-refractivity contribution in [2.24, 2.45) is 0 Å². The lowest BCUT2D eigenvalue weighted by atomic mass is 10.1. The molecule has 0 unspecified atom stereocenters. The van der Waals surface area contributed by atoms with E-state index in [-0.39, 0.29) is 29.4 Å². The second-order valence-electron chi connectivity index (χ2n) is 6.46. The van der Waals surface area contributed by atoms with Crippen molar-refractivity contribution in [1.29, 1.82) is 0 Å². The van der Waals surface area contributed by atoms with Gasteiger partial charge in [-0.15, -0.1) is 10.2 Å². The Morgan fingerprint density at radius 3 is 2.60 bits per heavy atom. The maximum absolute atomic E-state index is 14.5. The highest BCUT2D eigenvalue weighted by Crippen LogP contribution is 2.34. The van der Waals surface area contributed by atoms with Crippen LogP contribution in [0.5, 0.6) is 0 Å². The van der Waals surface area contributed by atoms with Crippen molar-refractivity contribution in [1.82, 2.24) is 15.5 Å². The number of hydrogen-bond acceptors (Lipinski definition) is 6. The molecule has 1 heterocycles. The highest BCUT2D eigenvalue weighted by atomic mass is 127. The summed E-state index contributed by atoms with van der Waals surface area (Å²) in [6.45, 7) is 1.50. The molecule has 3 rings (SSSR count). The minimum absolute atomic E-state index is 0.00222. The predicted molar refractivity (Wildman–Crippen MR) is 115 cm³/mol. The molecule has 0 aliphatic carbocycles. The third-order valence-corrected chi connectivity index (χ3v) is 4.93. The van der Waals surface area contributed by atoms with Crippen LogP contribution in [0.1, 0.15) is 18.7 Å². The molecule has 160 valence electrons. The lowest BCUT2D eigenvalue weighted by Gasteiger charge is -2.12. The molecular formula is C20H20F3IN4O2. The quantitative estimate of drug-likeness (QED) is 0.265. The number of aliphatic hydroxyl groups excluding tert-OH is 1. The zero-order chi connectivity index (χ0) is 21.5. The monoisotopic (exact) mass is 532 g/mol. The van der Waals surface area contributed by atoms with Gasteiger partial charge < -0.3 is 20.2 Å². The van der Waals surface area contributed by atoms with E-state index in [1.54, 1.807) is 6.07 Å². The van der Waals surface area contributed by atoms with Crippen LogP contribution in [0, 0.1) is 21.0 Å². The van der Waals surface area contributed by atoms with Gasteiger partial charge in [0.25, 0.3) is 0 Å². The minimum atomic E-state index is -1.17. The third-order valence-electron chi connectivity index (χ3n) is 4.26. The van der Waals surface area contributed by atoms with Gasteiger partial charge in [-0.2, -0.15) is 0 Å². The first-order valence-electron chi connectivity index (χ1n) is 9.34. The van der Waals surface area contributed by atoms with E-state index in [0.717, 1.165) is 25.5 Å². The minimum Gasteiger partial charge on any atom is -0.421 e. The SMILES string of the molecule is OCCCCNCCc1nnc(-c2ccc(F)c(F)c2Nc2ccc(I)cc2F)o1. The highest BCUT2D eigenvalue weighted by Gasteiger charge is 2.20. The van der Waals surface area contributed by atoms with E-state index >= 15 is 0 Å². The molecule has 30 heavy (non-hydrogen) atoms. The zero-order valence-electron chi connectivity index (χ0n) is 15.9. The van der Waals surface area contributed by atoms with Crippen LogP contribution in [0.3, 0.4) is 0 Å². The Kier molecular flexibility index (Phi) is 8.05. The van der Waals surface area contributed by atoms with Crippen LogP contribution in [-0.4, -0.2) is 35.0 Å². The number of halogens is 4. The molecule has 0 amide bonds. The van der Waals surface area contributed by atoms with Gasteiger partial charge in [-0.1, -0.05) is 0 Å². The maximum atomic E-state index is 14.5. The predicted octanol–water partition coefficient (Wildman–Crippen LogP) is 4.41. The maximum Gasteiger partial charge on any atom is 0.249 e. The summed E-state index contributed by atoms with van der Waals surface area (Å²) in [5.74, 6) is -2.53. The smallest absolute Gasteiger partial charge is 0.249 e. The zero-order valence-corrected chi connectivity index (χ0v) is 18.0. The summed E-state index contributed by atoms with van der Waals surface area (Å²) in [4.78, 5) is 0. The molecular weight excluding hydrogens is 512 g/mol. The number of nitrogens with one attached hydrogen (secondary N) is 2. The summed E-state index contributed by atoms with van der Waals surface area (Å²) in [7, 11) is 0. The first-order chi connectivity index (χ1) is 14.5. The molecule has 0 radical (unpaired) electrons. The Morgan fingerprint density at radius 2 is 1.83 bits per heavy atom. The van der Waals surface area contributed by atoms with Crippen LogP contribution in [0.4, 0.5) is 24.5 Å². The number of rotatable bonds is 10. The van der Waals surface area contributed by atoms with E-state index in [4.69, 9.17) is 9.52 Å². The molecule has 0 spiro atoms. The third kappa shape index (κ3) is 5.70. The van der Waals surface area contributed by atoms with Gasteiger partial charge in [0.05, 0.1) is 16.9 Å². The Balaban J connectivity index is 1.78. The second kappa shape index (κ2) is 10.7. The van der Waals surface area contributed by atoms with Gasteiger partial charge in [-0.25, -0.2) is 13.2 Å². The molecule has 3 N–H and O–H groups in total. The largest absolute Gasteiger partial charge is 0.421 e. The first kappa shape index (κ1) is 22.5. The molecule has 2 aromatic carbocycles. The van der Waals surface area contributed by atoms with E-state index in [1.807, 2.05) is 22.6 Å². The number of hydrogen-bond donors (Lipinski definition) is 3. The van der Waals surface area contributed by atoms with Crippen LogP contribution in [-0.2, 0) is 6.42 Å². The molecule has 0 saturated carbocycles. The first-order valence-corrected chi connectivity index (χ1v) is 10.4. The summed E-state index contributed by atoms with van der Waals surface area (Å²) in [6.07, 6.45) is 2.03. The molecule has 0 aliphatic heterocycles. The molecule has 0 fully saturated rings. The molecule has 1 aromatic heterocycles. The van der Waals surface area contributed by atoms with E-state index in [0.29, 0.717) is 22.4 Å². The summed E-state index contributed by atoms with van der Waals surface area (Å²) >= 11 is 1.95. The van der Waals surface area contributed by atoms with Crippen LogP contribution >= 0.6 is 22.6 Å². The van der Waals surface area contributed by atoms with Crippen molar-refractivity contribution >= 4 is 34.0 Å². The fraction of sp³-hybridized carbons (Fsp3) is 0.300. The molecule has 6 nitrogen and oxygen atoms in total. The Labute approximate surface area is 185 Å². The van der Waals surface area contributed by atoms with Crippen molar-refractivity contribution < 1.29 is 22.7 Å². The summed E-state index contributed by atoms with van der Waals surface area (Å²) in [5, 5.41) is 22.4. The molecule has 3 aromatic rings. The van der Waals surface area contributed by atoms with Gasteiger partial charge in [-0.05, 0) is 72.3 Å². The number of unbranched alkanes of at least 4 members (excludes halogenated alkanes) is 1. The van der Waals surface area contributed by atoms with Gasteiger partial charge in [-0.3, -0.25) is 0 Å².